The minimum atomic E-state index is -0.167. The number of rotatable bonds is 5. The predicted octanol–water partition coefficient (Wildman–Crippen LogP) is 1.50. The highest BCUT2D eigenvalue weighted by molar-refractivity contribution is 5.53. The highest BCUT2D eigenvalue weighted by atomic mass is 16.5. The molecule has 0 aliphatic carbocycles. The molecular weight excluding hydrogens is 296 g/mol. The number of ether oxygens (including phenoxy) is 3. The Balaban J connectivity index is 0.000000593. The topological polar surface area (TPSA) is 63.2 Å². The van der Waals surface area contributed by atoms with Crippen LogP contribution in [0.25, 0.3) is 0 Å². The van der Waals surface area contributed by atoms with E-state index >= 15 is 0 Å². The van der Waals surface area contributed by atoms with Crippen LogP contribution in [-0.2, 0) is 6.54 Å². The molecule has 1 fully saturated rings. The van der Waals surface area contributed by atoms with Crippen molar-refractivity contribution in [2.24, 2.45) is 0 Å². The molecule has 2 N–H and O–H groups in total. The van der Waals surface area contributed by atoms with Gasteiger partial charge in [-0.3, -0.25) is 4.90 Å². The van der Waals surface area contributed by atoms with Gasteiger partial charge in [0.15, 0.2) is 11.5 Å². The Morgan fingerprint density at radius 1 is 1.04 bits per heavy atom. The average Bonchev–Trinajstić information content (AvgIpc) is 2.54. The molecule has 0 radical (unpaired) electrons. The summed E-state index contributed by atoms with van der Waals surface area (Å²) in [5.74, 6) is 2.08. The lowest BCUT2D eigenvalue weighted by Gasteiger charge is -2.27. The van der Waals surface area contributed by atoms with Gasteiger partial charge in [-0.05, 0) is 31.5 Å². The van der Waals surface area contributed by atoms with Crippen LogP contribution in [0.15, 0.2) is 12.1 Å². The quantitative estimate of drug-likeness (QED) is 0.855. The van der Waals surface area contributed by atoms with Gasteiger partial charge >= 0.3 is 0 Å². The standard InChI is InChI=1S/C14H22N2O3.C3H8O/c1-17-12-8-11(9-13(18-2)14(12)19-3)10-16-6-4-15-5-7-16;1-3(2)4/h8-9,15H,4-7,10H2,1-3H3;3-4H,1-2H3. The van der Waals surface area contributed by atoms with Gasteiger partial charge in [0.25, 0.3) is 0 Å². The van der Waals surface area contributed by atoms with Crippen molar-refractivity contribution in [3.05, 3.63) is 17.7 Å². The SMILES string of the molecule is CC(C)O.COc1cc(CN2CCNCC2)cc(OC)c1OC. The number of nitrogens with one attached hydrogen (secondary N) is 1. The summed E-state index contributed by atoms with van der Waals surface area (Å²) in [4.78, 5) is 2.41. The number of aliphatic hydroxyl groups excluding tert-OH is 1. The lowest BCUT2D eigenvalue weighted by molar-refractivity contribution is 0.216. The molecule has 0 unspecified atom stereocenters. The third-order valence-corrected chi connectivity index (χ3v) is 3.34. The molecule has 0 atom stereocenters. The van der Waals surface area contributed by atoms with Crippen LogP contribution in [0.2, 0.25) is 0 Å². The van der Waals surface area contributed by atoms with Crippen molar-refractivity contribution in [1.29, 1.82) is 0 Å². The molecule has 1 aromatic carbocycles. The van der Waals surface area contributed by atoms with E-state index in [1.54, 1.807) is 35.2 Å². The van der Waals surface area contributed by atoms with E-state index in [9.17, 15) is 0 Å². The van der Waals surface area contributed by atoms with Gasteiger partial charge < -0.3 is 24.6 Å². The second kappa shape index (κ2) is 10.3. The molecule has 132 valence electrons. The number of benzene rings is 1. The van der Waals surface area contributed by atoms with Crippen LogP contribution in [0.3, 0.4) is 0 Å². The zero-order chi connectivity index (χ0) is 17.2. The van der Waals surface area contributed by atoms with Crippen LogP contribution in [-0.4, -0.2) is 63.6 Å². The zero-order valence-corrected chi connectivity index (χ0v) is 14.9. The lowest BCUT2D eigenvalue weighted by Crippen LogP contribution is -2.42. The van der Waals surface area contributed by atoms with Crippen molar-refractivity contribution in [1.82, 2.24) is 10.2 Å². The van der Waals surface area contributed by atoms with Crippen LogP contribution < -0.4 is 19.5 Å². The Bertz CT molecular complexity index is 432. The lowest BCUT2D eigenvalue weighted by atomic mass is 10.1. The Labute approximate surface area is 139 Å². The molecule has 1 aromatic rings. The first kappa shape index (κ1) is 19.5. The highest BCUT2D eigenvalue weighted by Gasteiger charge is 2.16. The van der Waals surface area contributed by atoms with Crippen molar-refractivity contribution in [3.8, 4) is 17.2 Å². The van der Waals surface area contributed by atoms with Gasteiger partial charge in [0, 0.05) is 38.8 Å². The van der Waals surface area contributed by atoms with Gasteiger partial charge in [-0.15, -0.1) is 0 Å². The fourth-order valence-corrected chi connectivity index (χ4v) is 2.35. The molecular formula is C17H30N2O4. The fraction of sp³-hybridized carbons (Fsp3) is 0.647. The van der Waals surface area contributed by atoms with Gasteiger partial charge in [-0.1, -0.05) is 0 Å². The van der Waals surface area contributed by atoms with Crippen molar-refractivity contribution < 1.29 is 19.3 Å². The molecule has 1 aliphatic heterocycles. The summed E-state index contributed by atoms with van der Waals surface area (Å²) in [5, 5.41) is 11.4. The van der Waals surface area contributed by atoms with E-state index in [4.69, 9.17) is 19.3 Å². The smallest absolute Gasteiger partial charge is 0.203 e. The first-order valence-electron chi connectivity index (χ1n) is 7.91. The number of piperazine rings is 1. The molecule has 1 aliphatic rings. The van der Waals surface area contributed by atoms with Gasteiger partial charge in [0.1, 0.15) is 0 Å². The summed E-state index contributed by atoms with van der Waals surface area (Å²) in [6.07, 6.45) is -0.167. The van der Waals surface area contributed by atoms with Crippen LogP contribution in [0, 0.1) is 0 Å². The molecule has 0 bridgehead atoms. The second-order valence-electron chi connectivity index (χ2n) is 5.65. The highest BCUT2D eigenvalue weighted by Crippen LogP contribution is 2.38. The van der Waals surface area contributed by atoms with Gasteiger partial charge in [0.2, 0.25) is 5.75 Å². The van der Waals surface area contributed by atoms with Gasteiger partial charge in [0.05, 0.1) is 21.3 Å². The molecule has 2 rings (SSSR count). The predicted molar refractivity (Wildman–Crippen MR) is 91.6 cm³/mol. The minimum Gasteiger partial charge on any atom is -0.493 e. The summed E-state index contributed by atoms with van der Waals surface area (Å²) in [6.45, 7) is 8.57. The summed E-state index contributed by atoms with van der Waals surface area (Å²) >= 11 is 0. The molecule has 6 nitrogen and oxygen atoms in total. The van der Waals surface area contributed by atoms with Crippen LogP contribution >= 0.6 is 0 Å². The largest absolute Gasteiger partial charge is 0.493 e. The van der Waals surface area contributed by atoms with E-state index in [0.717, 1.165) is 32.7 Å². The maximum atomic E-state index is 8.06. The van der Waals surface area contributed by atoms with E-state index < -0.39 is 0 Å². The molecule has 1 saturated heterocycles. The Morgan fingerprint density at radius 3 is 1.91 bits per heavy atom. The monoisotopic (exact) mass is 326 g/mol. The van der Waals surface area contributed by atoms with Gasteiger partial charge in [-0.25, -0.2) is 0 Å². The molecule has 0 amide bonds. The van der Waals surface area contributed by atoms with E-state index in [2.05, 4.69) is 10.2 Å². The molecule has 0 saturated carbocycles. The van der Waals surface area contributed by atoms with E-state index in [1.807, 2.05) is 12.1 Å². The summed E-state index contributed by atoms with van der Waals surface area (Å²) in [7, 11) is 4.91. The summed E-state index contributed by atoms with van der Waals surface area (Å²) in [5.41, 5.74) is 1.18. The minimum absolute atomic E-state index is 0.167. The van der Waals surface area contributed by atoms with Crippen molar-refractivity contribution in [3.63, 3.8) is 0 Å². The Morgan fingerprint density at radius 2 is 1.52 bits per heavy atom. The summed E-state index contributed by atoms with van der Waals surface area (Å²) in [6, 6.07) is 4.03. The maximum Gasteiger partial charge on any atom is 0.203 e. The van der Waals surface area contributed by atoms with E-state index in [1.165, 1.54) is 5.56 Å². The number of methoxy groups -OCH3 is 3. The van der Waals surface area contributed by atoms with Crippen molar-refractivity contribution in [2.45, 2.75) is 26.5 Å². The first-order chi connectivity index (χ1) is 11.0. The van der Waals surface area contributed by atoms with E-state index in [-0.39, 0.29) is 6.10 Å². The van der Waals surface area contributed by atoms with Gasteiger partial charge in [-0.2, -0.15) is 0 Å². The third-order valence-electron chi connectivity index (χ3n) is 3.34. The number of hydrogen-bond acceptors (Lipinski definition) is 6. The summed E-state index contributed by atoms with van der Waals surface area (Å²) < 4.78 is 16.1. The Hall–Kier alpha value is -1.50. The second-order valence-corrected chi connectivity index (χ2v) is 5.65. The normalized spacial score (nSPS) is 14.9. The van der Waals surface area contributed by atoms with E-state index in [0.29, 0.717) is 17.2 Å². The molecule has 6 heteroatoms. The number of aliphatic hydroxyl groups is 1. The molecule has 1 heterocycles. The average molecular weight is 326 g/mol. The Kier molecular flexibility index (Phi) is 8.76. The van der Waals surface area contributed by atoms with Crippen molar-refractivity contribution in [2.75, 3.05) is 47.5 Å². The number of hydrogen-bond donors (Lipinski definition) is 2. The molecule has 0 spiro atoms. The van der Waals surface area contributed by atoms with Crippen LogP contribution in [0.4, 0.5) is 0 Å². The first-order valence-corrected chi connectivity index (χ1v) is 7.91. The zero-order valence-electron chi connectivity index (χ0n) is 14.9. The van der Waals surface area contributed by atoms with Crippen LogP contribution in [0.1, 0.15) is 19.4 Å². The maximum absolute atomic E-state index is 8.06. The fourth-order valence-electron chi connectivity index (χ4n) is 2.35. The van der Waals surface area contributed by atoms with Crippen LogP contribution in [0.5, 0.6) is 17.2 Å². The molecule has 23 heavy (non-hydrogen) atoms. The molecule has 0 aromatic heterocycles. The third kappa shape index (κ3) is 6.64. The van der Waals surface area contributed by atoms with Crippen molar-refractivity contribution >= 4 is 0 Å². The number of nitrogens with zero attached hydrogens (tertiary/aromatic N) is 1.